The molecule has 6 heteroatoms. The molecular formula is C19H19N5O. The maximum atomic E-state index is 12.3. The smallest absolute Gasteiger partial charge is 0.270 e. The number of carbonyl (C=O) groups is 1. The fourth-order valence-electron chi connectivity index (χ4n) is 2.35. The summed E-state index contributed by atoms with van der Waals surface area (Å²) in [6.45, 7) is 3.03. The van der Waals surface area contributed by atoms with Crippen molar-refractivity contribution in [1.82, 2.24) is 20.3 Å². The first-order chi connectivity index (χ1) is 12.2. The molecule has 25 heavy (non-hydrogen) atoms. The Kier molecular flexibility index (Phi) is 5.31. The van der Waals surface area contributed by atoms with Crippen molar-refractivity contribution < 1.29 is 4.79 Å². The normalized spacial score (nSPS) is 10.3. The van der Waals surface area contributed by atoms with Crippen molar-refractivity contribution in [2.45, 2.75) is 20.0 Å². The number of hydrogen-bond donors (Lipinski definition) is 2. The zero-order valence-corrected chi connectivity index (χ0v) is 13.9. The van der Waals surface area contributed by atoms with Gasteiger partial charge in [-0.3, -0.25) is 9.78 Å². The molecule has 2 aromatic heterocycles. The van der Waals surface area contributed by atoms with Crippen LogP contribution in [0.5, 0.6) is 0 Å². The van der Waals surface area contributed by atoms with Crippen molar-refractivity contribution in [3.8, 4) is 0 Å². The lowest BCUT2D eigenvalue weighted by Crippen LogP contribution is -2.24. The van der Waals surface area contributed by atoms with Crippen molar-refractivity contribution in [2.75, 3.05) is 5.32 Å². The standard InChI is InChI=1S/C19H19N5O/c1-14-4-2-5-15(10-14)12-22-18(25)17-7-9-21-19(24-17)23-13-16-6-3-8-20-11-16/h2-11H,12-13H2,1H3,(H,22,25)(H,21,23,24). The van der Waals surface area contributed by atoms with Crippen molar-refractivity contribution in [2.24, 2.45) is 0 Å². The number of rotatable bonds is 6. The van der Waals surface area contributed by atoms with E-state index >= 15 is 0 Å². The first-order valence-corrected chi connectivity index (χ1v) is 8.00. The number of nitrogens with one attached hydrogen (secondary N) is 2. The van der Waals surface area contributed by atoms with E-state index in [2.05, 4.69) is 25.6 Å². The summed E-state index contributed by atoms with van der Waals surface area (Å²) in [4.78, 5) is 24.8. The highest BCUT2D eigenvalue weighted by Crippen LogP contribution is 2.06. The van der Waals surface area contributed by atoms with Gasteiger partial charge in [0.25, 0.3) is 5.91 Å². The lowest BCUT2D eigenvalue weighted by atomic mass is 10.1. The first kappa shape index (κ1) is 16.6. The van der Waals surface area contributed by atoms with Gasteiger partial charge in [-0.25, -0.2) is 9.97 Å². The Bertz CT molecular complexity index is 851. The van der Waals surface area contributed by atoms with Crippen LogP contribution in [-0.2, 0) is 13.1 Å². The van der Waals surface area contributed by atoms with Gasteiger partial charge < -0.3 is 10.6 Å². The molecule has 0 spiro atoms. The van der Waals surface area contributed by atoms with Crippen LogP contribution in [0.1, 0.15) is 27.2 Å². The van der Waals surface area contributed by atoms with Crippen LogP contribution >= 0.6 is 0 Å². The van der Waals surface area contributed by atoms with E-state index < -0.39 is 0 Å². The van der Waals surface area contributed by atoms with Crippen LogP contribution in [0.2, 0.25) is 0 Å². The molecule has 126 valence electrons. The van der Waals surface area contributed by atoms with E-state index in [0.29, 0.717) is 24.7 Å². The summed E-state index contributed by atoms with van der Waals surface area (Å²) in [5.41, 5.74) is 3.56. The molecule has 3 rings (SSSR count). The molecule has 0 aliphatic rings. The van der Waals surface area contributed by atoms with E-state index in [1.165, 1.54) is 0 Å². The Morgan fingerprint density at radius 3 is 2.72 bits per heavy atom. The van der Waals surface area contributed by atoms with Gasteiger partial charge in [-0.15, -0.1) is 0 Å². The van der Waals surface area contributed by atoms with Crippen molar-refractivity contribution in [1.29, 1.82) is 0 Å². The minimum Gasteiger partial charge on any atom is -0.350 e. The highest BCUT2D eigenvalue weighted by atomic mass is 16.1. The molecule has 0 radical (unpaired) electrons. The number of nitrogens with zero attached hydrogens (tertiary/aromatic N) is 3. The number of anilines is 1. The van der Waals surface area contributed by atoms with Crippen molar-refractivity contribution >= 4 is 11.9 Å². The second-order valence-corrected chi connectivity index (χ2v) is 5.65. The highest BCUT2D eigenvalue weighted by Gasteiger charge is 2.08. The van der Waals surface area contributed by atoms with E-state index in [1.807, 2.05) is 43.3 Å². The molecule has 0 unspecified atom stereocenters. The zero-order valence-electron chi connectivity index (χ0n) is 13.9. The molecule has 0 saturated heterocycles. The second kappa shape index (κ2) is 8.01. The fourth-order valence-corrected chi connectivity index (χ4v) is 2.35. The minimum absolute atomic E-state index is 0.228. The van der Waals surface area contributed by atoms with E-state index in [0.717, 1.165) is 16.7 Å². The monoisotopic (exact) mass is 333 g/mol. The van der Waals surface area contributed by atoms with Gasteiger partial charge in [0, 0.05) is 31.7 Å². The molecule has 1 amide bonds. The summed E-state index contributed by atoms with van der Waals surface area (Å²) < 4.78 is 0. The fraction of sp³-hybridized carbons (Fsp3) is 0.158. The molecule has 0 fully saturated rings. The predicted molar refractivity (Wildman–Crippen MR) is 95.9 cm³/mol. The summed E-state index contributed by atoms with van der Waals surface area (Å²) >= 11 is 0. The van der Waals surface area contributed by atoms with Crippen LogP contribution in [-0.4, -0.2) is 20.9 Å². The molecule has 1 aromatic carbocycles. The molecule has 0 aliphatic heterocycles. The van der Waals surface area contributed by atoms with Gasteiger partial charge in [0.05, 0.1) is 0 Å². The summed E-state index contributed by atoms with van der Waals surface area (Å²) in [7, 11) is 0. The summed E-state index contributed by atoms with van der Waals surface area (Å²) in [6, 6.07) is 13.4. The Morgan fingerprint density at radius 2 is 1.92 bits per heavy atom. The van der Waals surface area contributed by atoms with Crippen LogP contribution in [0.15, 0.2) is 61.1 Å². The largest absolute Gasteiger partial charge is 0.350 e. The van der Waals surface area contributed by atoms with Gasteiger partial charge in [-0.2, -0.15) is 0 Å². The van der Waals surface area contributed by atoms with E-state index in [4.69, 9.17) is 0 Å². The maximum Gasteiger partial charge on any atom is 0.270 e. The predicted octanol–water partition coefficient (Wildman–Crippen LogP) is 2.72. The summed E-state index contributed by atoms with van der Waals surface area (Å²) in [6.07, 6.45) is 5.06. The number of hydrogen-bond acceptors (Lipinski definition) is 5. The molecular weight excluding hydrogens is 314 g/mol. The molecule has 3 aromatic rings. The van der Waals surface area contributed by atoms with Crippen LogP contribution in [0.4, 0.5) is 5.95 Å². The maximum absolute atomic E-state index is 12.3. The van der Waals surface area contributed by atoms with Gasteiger partial charge in [-0.1, -0.05) is 35.9 Å². The van der Waals surface area contributed by atoms with Gasteiger partial charge in [0.2, 0.25) is 5.95 Å². The van der Waals surface area contributed by atoms with Crippen LogP contribution in [0, 0.1) is 6.92 Å². The van der Waals surface area contributed by atoms with E-state index in [-0.39, 0.29) is 5.91 Å². The van der Waals surface area contributed by atoms with Gasteiger partial charge in [-0.05, 0) is 30.2 Å². The zero-order chi connectivity index (χ0) is 17.5. The van der Waals surface area contributed by atoms with Crippen molar-refractivity contribution in [3.63, 3.8) is 0 Å². The Labute approximate surface area is 146 Å². The minimum atomic E-state index is -0.228. The van der Waals surface area contributed by atoms with Crippen LogP contribution in [0.25, 0.3) is 0 Å². The first-order valence-electron chi connectivity index (χ1n) is 8.00. The number of pyridine rings is 1. The van der Waals surface area contributed by atoms with Gasteiger partial charge in [0.15, 0.2) is 0 Å². The number of carbonyl (C=O) groups excluding carboxylic acids is 1. The van der Waals surface area contributed by atoms with E-state index in [9.17, 15) is 4.79 Å². The van der Waals surface area contributed by atoms with Crippen LogP contribution < -0.4 is 10.6 Å². The number of aromatic nitrogens is 3. The van der Waals surface area contributed by atoms with Crippen LogP contribution in [0.3, 0.4) is 0 Å². The summed E-state index contributed by atoms with van der Waals surface area (Å²) in [5, 5.41) is 5.97. The molecule has 0 aliphatic carbocycles. The number of benzene rings is 1. The number of amides is 1. The topological polar surface area (TPSA) is 79.8 Å². The molecule has 0 saturated carbocycles. The molecule has 2 heterocycles. The third kappa shape index (κ3) is 4.84. The van der Waals surface area contributed by atoms with Gasteiger partial charge >= 0.3 is 0 Å². The molecule has 6 nitrogen and oxygen atoms in total. The average molecular weight is 333 g/mol. The molecule has 0 atom stereocenters. The third-order valence-electron chi connectivity index (χ3n) is 3.60. The Balaban J connectivity index is 1.59. The second-order valence-electron chi connectivity index (χ2n) is 5.65. The SMILES string of the molecule is Cc1cccc(CNC(=O)c2ccnc(NCc3cccnc3)n2)c1. The Hall–Kier alpha value is -3.28. The summed E-state index contributed by atoms with van der Waals surface area (Å²) in [5.74, 6) is 0.181. The average Bonchev–Trinajstić information content (AvgIpc) is 2.65. The number of aryl methyl sites for hydroxylation is 1. The molecule has 2 N–H and O–H groups in total. The van der Waals surface area contributed by atoms with Crippen molar-refractivity contribution in [3.05, 3.63) is 83.4 Å². The lowest BCUT2D eigenvalue weighted by Gasteiger charge is -2.08. The lowest BCUT2D eigenvalue weighted by molar-refractivity contribution is 0.0946. The molecule has 0 bridgehead atoms. The quantitative estimate of drug-likeness (QED) is 0.725. The van der Waals surface area contributed by atoms with Gasteiger partial charge in [0.1, 0.15) is 5.69 Å². The Morgan fingerprint density at radius 1 is 1.04 bits per heavy atom. The highest BCUT2D eigenvalue weighted by molar-refractivity contribution is 5.92. The third-order valence-corrected chi connectivity index (χ3v) is 3.60. The van der Waals surface area contributed by atoms with E-state index in [1.54, 1.807) is 24.7 Å².